The van der Waals surface area contributed by atoms with Crippen LogP contribution in [-0.2, 0) is 22.6 Å². The number of amides is 1. The molecule has 2 aromatic rings. The number of halogens is 1. The van der Waals surface area contributed by atoms with Gasteiger partial charge in [0.2, 0.25) is 5.91 Å². The third kappa shape index (κ3) is 6.67. The molecular formula is C24H34FN3O2. The first kappa shape index (κ1) is 22.5. The van der Waals surface area contributed by atoms with Gasteiger partial charge in [-0.3, -0.25) is 4.79 Å². The van der Waals surface area contributed by atoms with E-state index >= 15 is 0 Å². The van der Waals surface area contributed by atoms with E-state index in [4.69, 9.17) is 4.74 Å². The van der Waals surface area contributed by atoms with Gasteiger partial charge in [-0.1, -0.05) is 31.4 Å². The Balaban J connectivity index is 1.66. The van der Waals surface area contributed by atoms with Gasteiger partial charge in [0.1, 0.15) is 5.82 Å². The van der Waals surface area contributed by atoms with E-state index in [9.17, 15) is 9.18 Å². The average molecular weight is 416 g/mol. The van der Waals surface area contributed by atoms with Crippen molar-refractivity contribution in [3.8, 4) is 0 Å². The van der Waals surface area contributed by atoms with Gasteiger partial charge in [-0.15, -0.1) is 0 Å². The Labute approximate surface area is 179 Å². The zero-order valence-electron chi connectivity index (χ0n) is 18.0. The van der Waals surface area contributed by atoms with Gasteiger partial charge < -0.3 is 19.5 Å². The maximum atomic E-state index is 13.2. The second-order valence-electron chi connectivity index (χ2n) is 8.09. The minimum absolute atomic E-state index is 0.161. The highest BCUT2D eigenvalue weighted by molar-refractivity contribution is 5.78. The SMILES string of the molecule is COCCCNCC(=O)N(Cc1cccn1Cc1ccc(F)cc1)C1CCCCC1. The van der Waals surface area contributed by atoms with Crippen molar-refractivity contribution in [2.24, 2.45) is 0 Å². The lowest BCUT2D eigenvalue weighted by atomic mass is 9.94. The normalized spacial score (nSPS) is 14.7. The molecule has 0 radical (unpaired) electrons. The van der Waals surface area contributed by atoms with Crippen LogP contribution >= 0.6 is 0 Å². The van der Waals surface area contributed by atoms with Gasteiger partial charge >= 0.3 is 0 Å². The molecule has 1 aromatic heterocycles. The highest BCUT2D eigenvalue weighted by Crippen LogP contribution is 2.24. The molecule has 1 aliphatic rings. The van der Waals surface area contributed by atoms with Crippen molar-refractivity contribution < 1.29 is 13.9 Å². The third-order valence-electron chi connectivity index (χ3n) is 5.84. The summed E-state index contributed by atoms with van der Waals surface area (Å²) in [4.78, 5) is 15.2. The lowest BCUT2D eigenvalue weighted by Crippen LogP contribution is -2.45. The van der Waals surface area contributed by atoms with Crippen LogP contribution in [0.3, 0.4) is 0 Å². The number of methoxy groups -OCH3 is 1. The first-order valence-corrected chi connectivity index (χ1v) is 11.0. The fourth-order valence-corrected chi connectivity index (χ4v) is 4.16. The third-order valence-corrected chi connectivity index (χ3v) is 5.84. The van der Waals surface area contributed by atoms with Crippen LogP contribution in [0.4, 0.5) is 4.39 Å². The molecular weight excluding hydrogens is 381 g/mol. The maximum absolute atomic E-state index is 13.2. The second kappa shape index (κ2) is 11.9. The first-order valence-electron chi connectivity index (χ1n) is 11.0. The fourth-order valence-electron chi connectivity index (χ4n) is 4.16. The lowest BCUT2D eigenvalue weighted by Gasteiger charge is -2.35. The van der Waals surface area contributed by atoms with Crippen LogP contribution < -0.4 is 5.32 Å². The van der Waals surface area contributed by atoms with E-state index in [0.717, 1.165) is 37.1 Å². The van der Waals surface area contributed by atoms with Crippen molar-refractivity contribution in [3.63, 3.8) is 0 Å². The Morgan fingerprint density at radius 1 is 1.20 bits per heavy atom. The zero-order valence-corrected chi connectivity index (χ0v) is 18.0. The number of benzene rings is 1. The average Bonchev–Trinajstić information content (AvgIpc) is 3.20. The Morgan fingerprint density at radius 3 is 2.70 bits per heavy atom. The van der Waals surface area contributed by atoms with Crippen LogP contribution in [0.25, 0.3) is 0 Å². The molecule has 1 aromatic carbocycles. The molecule has 0 saturated heterocycles. The van der Waals surface area contributed by atoms with E-state index < -0.39 is 0 Å². The summed E-state index contributed by atoms with van der Waals surface area (Å²) in [6.45, 7) is 3.12. The second-order valence-corrected chi connectivity index (χ2v) is 8.09. The van der Waals surface area contributed by atoms with Crippen molar-refractivity contribution in [2.45, 2.75) is 57.7 Å². The number of carbonyl (C=O) groups excluding carboxylic acids is 1. The molecule has 6 heteroatoms. The van der Waals surface area contributed by atoms with Gasteiger partial charge in [-0.25, -0.2) is 4.39 Å². The number of nitrogens with zero attached hydrogens (tertiary/aromatic N) is 2. The molecule has 0 unspecified atom stereocenters. The summed E-state index contributed by atoms with van der Waals surface area (Å²) in [5.41, 5.74) is 2.15. The summed E-state index contributed by atoms with van der Waals surface area (Å²) in [6.07, 6.45) is 8.72. The highest BCUT2D eigenvalue weighted by Gasteiger charge is 2.26. The quantitative estimate of drug-likeness (QED) is 0.565. The number of ether oxygens (including phenoxy) is 1. The van der Waals surface area contributed by atoms with Crippen molar-refractivity contribution in [2.75, 3.05) is 26.8 Å². The summed E-state index contributed by atoms with van der Waals surface area (Å²) in [5.74, 6) is -0.0626. The Bertz CT molecular complexity index is 769. The minimum atomic E-state index is -0.224. The van der Waals surface area contributed by atoms with Crippen LogP contribution in [0.5, 0.6) is 0 Å². The van der Waals surface area contributed by atoms with Crippen LogP contribution in [0.1, 0.15) is 49.8 Å². The lowest BCUT2D eigenvalue weighted by molar-refractivity contribution is -0.134. The number of aromatic nitrogens is 1. The monoisotopic (exact) mass is 415 g/mol. The number of hydrogen-bond acceptors (Lipinski definition) is 3. The minimum Gasteiger partial charge on any atom is -0.385 e. The number of nitrogens with one attached hydrogen (secondary N) is 1. The van der Waals surface area contributed by atoms with Gasteiger partial charge in [-0.2, -0.15) is 0 Å². The van der Waals surface area contributed by atoms with Gasteiger partial charge in [0.25, 0.3) is 0 Å². The van der Waals surface area contributed by atoms with Crippen molar-refractivity contribution in [1.82, 2.24) is 14.8 Å². The van der Waals surface area contributed by atoms with Crippen molar-refractivity contribution >= 4 is 5.91 Å². The molecule has 0 atom stereocenters. The Hall–Kier alpha value is -2.18. The van der Waals surface area contributed by atoms with E-state index in [2.05, 4.69) is 20.9 Å². The van der Waals surface area contributed by atoms with Crippen LogP contribution in [0.15, 0.2) is 42.6 Å². The maximum Gasteiger partial charge on any atom is 0.237 e. The fraction of sp³-hybridized carbons (Fsp3) is 0.542. The number of rotatable bonds is 11. The predicted octanol–water partition coefficient (Wildman–Crippen LogP) is 3.96. The van der Waals surface area contributed by atoms with Gasteiger partial charge in [0, 0.05) is 38.2 Å². The standard InChI is InChI=1S/C24H34FN3O2/c1-30-16-6-14-26-17-24(29)28(22-7-3-2-4-8-22)19-23-9-5-15-27(23)18-20-10-12-21(25)13-11-20/h5,9-13,15,22,26H,2-4,6-8,14,16-19H2,1H3. The molecule has 0 bridgehead atoms. The summed E-state index contributed by atoms with van der Waals surface area (Å²) >= 11 is 0. The topological polar surface area (TPSA) is 46.5 Å². The van der Waals surface area contributed by atoms with E-state index in [1.165, 1.54) is 31.4 Å². The van der Waals surface area contributed by atoms with Crippen molar-refractivity contribution in [1.29, 1.82) is 0 Å². The van der Waals surface area contributed by atoms with Crippen LogP contribution in [-0.4, -0.2) is 48.2 Å². The predicted molar refractivity (Wildman–Crippen MR) is 117 cm³/mol. The Kier molecular flexibility index (Phi) is 8.90. The van der Waals surface area contributed by atoms with Gasteiger partial charge in [0.05, 0.1) is 13.1 Å². The molecule has 1 fully saturated rings. The molecule has 0 aliphatic heterocycles. The van der Waals surface area contributed by atoms with Crippen LogP contribution in [0.2, 0.25) is 0 Å². The molecule has 3 rings (SSSR count). The van der Waals surface area contributed by atoms with Crippen molar-refractivity contribution in [3.05, 3.63) is 59.7 Å². The summed E-state index contributed by atoms with van der Waals surface area (Å²) < 4.78 is 20.4. The van der Waals surface area contributed by atoms with E-state index in [0.29, 0.717) is 32.3 Å². The van der Waals surface area contributed by atoms with E-state index in [1.807, 2.05) is 24.4 Å². The summed E-state index contributed by atoms with van der Waals surface area (Å²) in [5, 5.41) is 3.27. The highest BCUT2D eigenvalue weighted by atomic mass is 19.1. The summed E-state index contributed by atoms with van der Waals surface area (Å²) in [6, 6.07) is 11.0. The molecule has 1 N–H and O–H groups in total. The number of hydrogen-bond donors (Lipinski definition) is 1. The van der Waals surface area contributed by atoms with Crippen LogP contribution in [0, 0.1) is 5.82 Å². The number of carbonyl (C=O) groups is 1. The molecule has 0 spiro atoms. The molecule has 1 aliphatic carbocycles. The largest absolute Gasteiger partial charge is 0.385 e. The molecule has 164 valence electrons. The molecule has 30 heavy (non-hydrogen) atoms. The molecule has 1 amide bonds. The molecule has 1 saturated carbocycles. The summed E-state index contributed by atoms with van der Waals surface area (Å²) in [7, 11) is 1.69. The molecule has 1 heterocycles. The Morgan fingerprint density at radius 2 is 1.97 bits per heavy atom. The smallest absolute Gasteiger partial charge is 0.237 e. The van der Waals surface area contributed by atoms with Gasteiger partial charge in [-0.05, 0) is 55.6 Å². The zero-order chi connectivity index (χ0) is 21.2. The molecule has 5 nitrogen and oxygen atoms in total. The van der Waals surface area contributed by atoms with E-state index in [1.54, 1.807) is 7.11 Å². The van der Waals surface area contributed by atoms with E-state index in [-0.39, 0.29) is 11.7 Å². The first-order chi connectivity index (χ1) is 14.7. The van der Waals surface area contributed by atoms with Gasteiger partial charge in [0.15, 0.2) is 0 Å².